The highest BCUT2D eigenvalue weighted by atomic mass is 16.3. The van der Waals surface area contributed by atoms with Crippen molar-refractivity contribution in [2.24, 2.45) is 0 Å². The van der Waals surface area contributed by atoms with Crippen molar-refractivity contribution < 1.29 is 4.42 Å². The van der Waals surface area contributed by atoms with Crippen LogP contribution in [0.1, 0.15) is 0 Å². The summed E-state index contributed by atoms with van der Waals surface area (Å²) in [5.74, 6) is 1.64. The van der Waals surface area contributed by atoms with E-state index in [9.17, 15) is 0 Å². The number of anilines is 3. The van der Waals surface area contributed by atoms with Crippen molar-refractivity contribution in [3.8, 4) is 28.7 Å². The molecule has 12 rings (SSSR count). The number of aromatic nitrogens is 4. The second-order valence-corrected chi connectivity index (χ2v) is 14.8. The minimum absolute atomic E-state index is 0.525. The molecule has 3 aromatic heterocycles. The molecule has 0 aliphatic carbocycles. The highest BCUT2D eigenvalue weighted by Crippen LogP contribution is 2.43. The number of hydrogen-bond donors (Lipinski definition) is 0. The zero-order chi connectivity index (χ0) is 38.9. The lowest BCUT2D eigenvalue weighted by Crippen LogP contribution is -2.09. The van der Waals surface area contributed by atoms with Gasteiger partial charge in [-0.2, -0.15) is 9.97 Å². The summed E-state index contributed by atoms with van der Waals surface area (Å²) in [6.07, 6.45) is 0. The maximum absolute atomic E-state index is 6.71. The zero-order valence-electron chi connectivity index (χ0n) is 31.7. The highest BCUT2D eigenvalue weighted by Gasteiger charge is 2.24. The Balaban J connectivity index is 1.17. The summed E-state index contributed by atoms with van der Waals surface area (Å²) >= 11 is 0. The minimum atomic E-state index is 0.525. The van der Waals surface area contributed by atoms with Gasteiger partial charge in [0.2, 0.25) is 5.95 Å². The van der Waals surface area contributed by atoms with E-state index in [0.717, 1.165) is 93.5 Å². The summed E-state index contributed by atoms with van der Waals surface area (Å²) in [7, 11) is 0. The van der Waals surface area contributed by atoms with Crippen molar-refractivity contribution in [1.29, 1.82) is 0 Å². The molecule has 0 spiro atoms. The average Bonchev–Trinajstić information content (AvgIpc) is 3.86. The summed E-state index contributed by atoms with van der Waals surface area (Å²) in [4.78, 5) is 18.2. The van der Waals surface area contributed by atoms with Gasteiger partial charge in [0.15, 0.2) is 11.6 Å². The van der Waals surface area contributed by atoms with Crippen LogP contribution in [0.3, 0.4) is 0 Å². The van der Waals surface area contributed by atoms with E-state index in [2.05, 4.69) is 167 Å². The molecular formula is C53H33N5O. The van der Waals surface area contributed by atoms with Crippen LogP contribution in [0.5, 0.6) is 0 Å². The fourth-order valence-electron chi connectivity index (χ4n) is 8.78. The van der Waals surface area contributed by atoms with Crippen LogP contribution >= 0.6 is 0 Å². The molecule has 3 heterocycles. The Kier molecular flexibility index (Phi) is 7.43. The van der Waals surface area contributed by atoms with E-state index in [1.54, 1.807) is 0 Å². The summed E-state index contributed by atoms with van der Waals surface area (Å²) < 4.78 is 8.91. The standard InChI is InChI=1S/C53H33N5O/c1-4-17-35(18-5-1)51-54-52(44-32-36-19-11-13-25-41(36)49-42-26-14-15-27-47(42)59-50(44)49)56-53(55-51)58-45-31-29-39(57(37-20-6-2-7-21-37)38-22-8-3-9-23-38)33-43(45)48-40-24-12-10-16-34(40)28-30-46(48)58/h1-33H. The molecule has 0 unspecified atom stereocenters. The quantitative estimate of drug-likeness (QED) is 0.169. The number of rotatable bonds is 6. The van der Waals surface area contributed by atoms with E-state index in [1.807, 2.05) is 42.5 Å². The molecule has 6 nitrogen and oxygen atoms in total. The smallest absolute Gasteiger partial charge is 0.238 e. The fourth-order valence-corrected chi connectivity index (χ4v) is 8.78. The number of nitrogens with zero attached hydrogens (tertiary/aromatic N) is 5. The molecule has 0 aliphatic heterocycles. The predicted molar refractivity (Wildman–Crippen MR) is 242 cm³/mol. The monoisotopic (exact) mass is 755 g/mol. The molecule has 0 N–H and O–H groups in total. The van der Waals surface area contributed by atoms with Crippen LogP contribution in [-0.4, -0.2) is 19.5 Å². The van der Waals surface area contributed by atoms with E-state index >= 15 is 0 Å². The molecule has 0 aliphatic rings. The Morgan fingerprint density at radius 1 is 0.407 bits per heavy atom. The molecule has 12 aromatic rings. The van der Waals surface area contributed by atoms with Crippen molar-refractivity contribution in [2.45, 2.75) is 0 Å². The van der Waals surface area contributed by atoms with Gasteiger partial charge in [-0.1, -0.05) is 140 Å². The molecule has 0 saturated heterocycles. The minimum Gasteiger partial charge on any atom is -0.455 e. The number of furan rings is 1. The summed E-state index contributed by atoms with van der Waals surface area (Å²) in [5, 5.41) is 8.87. The molecular weight excluding hydrogens is 723 g/mol. The van der Waals surface area contributed by atoms with E-state index < -0.39 is 0 Å². The third kappa shape index (κ3) is 5.31. The number of para-hydroxylation sites is 3. The van der Waals surface area contributed by atoms with Crippen LogP contribution in [0.2, 0.25) is 0 Å². The van der Waals surface area contributed by atoms with Crippen LogP contribution in [-0.2, 0) is 0 Å². The summed E-state index contributed by atoms with van der Waals surface area (Å²) in [5.41, 5.74) is 8.48. The Hall–Kier alpha value is -8.09. The number of fused-ring (bicyclic) bond motifs is 10. The first-order chi connectivity index (χ1) is 29.3. The lowest BCUT2D eigenvalue weighted by molar-refractivity contribution is 0.669. The summed E-state index contributed by atoms with van der Waals surface area (Å²) in [6, 6.07) is 69.7. The Morgan fingerprint density at radius 2 is 1.00 bits per heavy atom. The Bertz CT molecular complexity index is 3520. The molecule has 0 bridgehead atoms. The van der Waals surface area contributed by atoms with Crippen molar-refractivity contribution in [3.63, 3.8) is 0 Å². The van der Waals surface area contributed by atoms with Crippen molar-refractivity contribution >= 4 is 82.4 Å². The molecule has 0 fully saturated rings. The van der Waals surface area contributed by atoms with Crippen LogP contribution in [0, 0.1) is 0 Å². The van der Waals surface area contributed by atoms with Gasteiger partial charge in [0.05, 0.1) is 16.6 Å². The molecule has 59 heavy (non-hydrogen) atoms. The second kappa shape index (κ2) is 13.3. The first-order valence-corrected chi connectivity index (χ1v) is 19.8. The van der Waals surface area contributed by atoms with Crippen LogP contribution in [0.4, 0.5) is 17.1 Å². The predicted octanol–water partition coefficient (Wildman–Crippen LogP) is 14.0. The van der Waals surface area contributed by atoms with Crippen molar-refractivity contribution in [2.75, 3.05) is 4.90 Å². The SMILES string of the molecule is c1ccc(-c2nc(-c3cc4ccccc4c4c3oc3ccccc34)nc(-n3c4ccc(N(c5ccccc5)c5ccccc5)cc4c4c5ccccc5ccc43)n2)cc1. The Morgan fingerprint density at radius 3 is 1.75 bits per heavy atom. The van der Waals surface area contributed by atoms with Gasteiger partial charge < -0.3 is 9.32 Å². The molecule has 0 radical (unpaired) electrons. The van der Waals surface area contributed by atoms with Gasteiger partial charge >= 0.3 is 0 Å². The maximum Gasteiger partial charge on any atom is 0.238 e. The van der Waals surface area contributed by atoms with Crippen molar-refractivity contribution in [1.82, 2.24) is 19.5 Å². The molecule has 6 heteroatoms. The topological polar surface area (TPSA) is 60.0 Å². The average molecular weight is 756 g/mol. The first-order valence-electron chi connectivity index (χ1n) is 19.8. The maximum atomic E-state index is 6.71. The van der Waals surface area contributed by atoms with Gasteiger partial charge in [-0.3, -0.25) is 4.57 Å². The second-order valence-electron chi connectivity index (χ2n) is 14.8. The number of hydrogen-bond acceptors (Lipinski definition) is 5. The molecule has 276 valence electrons. The summed E-state index contributed by atoms with van der Waals surface area (Å²) in [6.45, 7) is 0. The van der Waals surface area contributed by atoms with Gasteiger partial charge in [0.1, 0.15) is 11.2 Å². The third-order valence-electron chi connectivity index (χ3n) is 11.4. The highest BCUT2D eigenvalue weighted by molar-refractivity contribution is 6.23. The number of benzene rings is 9. The zero-order valence-corrected chi connectivity index (χ0v) is 31.7. The van der Waals surface area contributed by atoms with E-state index in [1.165, 1.54) is 0 Å². The van der Waals surface area contributed by atoms with E-state index in [-0.39, 0.29) is 0 Å². The Labute approximate surface area is 338 Å². The molecule has 0 amide bonds. The lowest BCUT2D eigenvalue weighted by Gasteiger charge is -2.25. The van der Waals surface area contributed by atoms with Gasteiger partial charge in [-0.05, 0) is 82.2 Å². The molecule has 0 saturated carbocycles. The van der Waals surface area contributed by atoms with E-state index in [0.29, 0.717) is 17.6 Å². The van der Waals surface area contributed by atoms with Crippen LogP contribution < -0.4 is 4.90 Å². The molecule has 9 aromatic carbocycles. The van der Waals surface area contributed by atoms with E-state index in [4.69, 9.17) is 19.4 Å². The van der Waals surface area contributed by atoms with Crippen molar-refractivity contribution in [3.05, 3.63) is 200 Å². The lowest BCUT2D eigenvalue weighted by atomic mass is 10.00. The van der Waals surface area contributed by atoms with Gasteiger partial charge in [-0.25, -0.2) is 4.98 Å². The third-order valence-corrected chi connectivity index (χ3v) is 11.4. The molecule has 0 atom stereocenters. The fraction of sp³-hybridized carbons (Fsp3) is 0. The van der Waals surface area contributed by atoms with Gasteiger partial charge in [-0.15, -0.1) is 0 Å². The normalized spacial score (nSPS) is 11.7. The van der Waals surface area contributed by atoms with Gasteiger partial charge in [0, 0.05) is 44.2 Å². The largest absolute Gasteiger partial charge is 0.455 e. The van der Waals surface area contributed by atoms with Crippen LogP contribution in [0.25, 0.3) is 94.0 Å². The van der Waals surface area contributed by atoms with Gasteiger partial charge in [0.25, 0.3) is 0 Å². The first kappa shape index (κ1) is 33.1. The van der Waals surface area contributed by atoms with Crippen LogP contribution in [0.15, 0.2) is 205 Å².